The van der Waals surface area contributed by atoms with Crippen molar-refractivity contribution in [2.75, 3.05) is 0 Å². The summed E-state index contributed by atoms with van der Waals surface area (Å²) < 4.78 is 65.3. The van der Waals surface area contributed by atoms with E-state index in [9.17, 15) is 21.9 Å². The molecule has 0 radical (unpaired) electrons. The number of alkyl halides is 3. The lowest BCUT2D eigenvalue weighted by atomic mass is 10.2. The number of aromatic nitrogens is 3. The van der Waals surface area contributed by atoms with Crippen LogP contribution >= 0.6 is 0 Å². The highest BCUT2D eigenvalue weighted by molar-refractivity contribution is 7.77. The van der Waals surface area contributed by atoms with Crippen molar-refractivity contribution in [2.24, 2.45) is 0 Å². The normalized spacial score (nSPS) is 13.1. The summed E-state index contributed by atoms with van der Waals surface area (Å²) in [6.45, 7) is 0.145. The average Bonchev–Trinajstić information content (AvgIpc) is 2.95. The molecule has 0 spiro atoms. The molecule has 0 aliphatic heterocycles. The first-order valence-corrected chi connectivity index (χ1v) is 7.92. The van der Waals surface area contributed by atoms with Crippen molar-refractivity contribution in [1.29, 1.82) is 0 Å². The van der Waals surface area contributed by atoms with Crippen LogP contribution in [-0.4, -0.2) is 30.1 Å². The Balaban J connectivity index is 1.85. The molecule has 1 unspecified atom stereocenters. The standard InChI is InChI=1S/C14H11F3N4O3S/c15-14(16,17)24-11-5-6-13-12(7-11)19-20-21(13)10-3-1-9(2-4-10)8-18-25(22)23/h1-7,18H,8H2,(H,22,23)/p-1. The number of nitrogens with one attached hydrogen (secondary N) is 1. The van der Waals surface area contributed by atoms with E-state index < -0.39 is 17.6 Å². The lowest BCUT2D eigenvalue weighted by Gasteiger charge is -2.09. The Kier molecular flexibility index (Phi) is 4.70. The summed E-state index contributed by atoms with van der Waals surface area (Å²) in [6.07, 6.45) is -4.78. The maximum Gasteiger partial charge on any atom is 0.573 e. The molecule has 25 heavy (non-hydrogen) atoms. The molecule has 1 N–H and O–H groups in total. The van der Waals surface area contributed by atoms with Crippen molar-refractivity contribution >= 4 is 22.3 Å². The first-order chi connectivity index (χ1) is 11.8. The molecule has 1 heterocycles. The van der Waals surface area contributed by atoms with E-state index in [1.807, 2.05) is 0 Å². The van der Waals surface area contributed by atoms with Crippen molar-refractivity contribution in [3.8, 4) is 11.4 Å². The molecule has 1 aromatic heterocycles. The molecule has 3 rings (SSSR count). The summed E-state index contributed by atoms with van der Waals surface area (Å²) in [5, 5.41) is 7.76. The molecule has 0 bridgehead atoms. The van der Waals surface area contributed by atoms with Gasteiger partial charge in [0.15, 0.2) is 0 Å². The molecule has 1 atom stereocenters. The number of fused-ring (bicyclic) bond motifs is 1. The summed E-state index contributed by atoms with van der Waals surface area (Å²) in [5.74, 6) is -0.376. The van der Waals surface area contributed by atoms with Crippen LogP contribution in [0.2, 0.25) is 0 Å². The highest BCUT2D eigenvalue weighted by atomic mass is 32.2. The van der Waals surface area contributed by atoms with Gasteiger partial charge in [0.05, 0.1) is 11.2 Å². The van der Waals surface area contributed by atoms with Crippen LogP contribution in [0.1, 0.15) is 5.56 Å². The van der Waals surface area contributed by atoms with Crippen LogP contribution in [0.3, 0.4) is 0 Å². The zero-order valence-corrected chi connectivity index (χ0v) is 13.2. The van der Waals surface area contributed by atoms with E-state index >= 15 is 0 Å². The summed E-state index contributed by atoms with van der Waals surface area (Å²) in [6, 6.07) is 10.5. The SMILES string of the molecule is O=S([O-])NCc1ccc(-n2nnc3cc(OC(F)(F)F)ccc32)cc1. The largest absolute Gasteiger partial charge is 0.760 e. The van der Waals surface area contributed by atoms with Crippen LogP contribution < -0.4 is 9.46 Å². The Morgan fingerprint density at radius 2 is 1.92 bits per heavy atom. The van der Waals surface area contributed by atoms with Gasteiger partial charge in [-0.3, -0.25) is 4.21 Å². The zero-order valence-electron chi connectivity index (χ0n) is 12.4. The Bertz CT molecular complexity index is 912. The number of ether oxygens (including phenoxy) is 1. The zero-order chi connectivity index (χ0) is 18.0. The first kappa shape index (κ1) is 17.3. The van der Waals surface area contributed by atoms with Crippen LogP contribution in [0.15, 0.2) is 42.5 Å². The lowest BCUT2D eigenvalue weighted by Crippen LogP contribution is -2.17. The Morgan fingerprint density at radius 1 is 1.20 bits per heavy atom. The number of benzene rings is 2. The number of hydrogen-bond donors (Lipinski definition) is 1. The van der Waals surface area contributed by atoms with Crippen molar-refractivity contribution in [1.82, 2.24) is 19.7 Å². The lowest BCUT2D eigenvalue weighted by molar-refractivity contribution is -0.274. The van der Waals surface area contributed by atoms with E-state index in [1.165, 1.54) is 16.8 Å². The van der Waals surface area contributed by atoms with E-state index in [-0.39, 0.29) is 17.8 Å². The fraction of sp³-hybridized carbons (Fsp3) is 0.143. The van der Waals surface area contributed by atoms with Gasteiger partial charge < -0.3 is 9.29 Å². The third-order valence-electron chi connectivity index (χ3n) is 3.23. The minimum atomic E-state index is -4.78. The Labute approximate surface area is 141 Å². The van der Waals surface area contributed by atoms with E-state index in [0.29, 0.717) is 11.2 Å². The maximum atomic E-state index is 12.3. The van der Waals surface area contributed by atoms with Crippen LogP contribution in [0, 0.1) is 0 Å². The number of hydrogen-bond acceptors (Lipinski definition) is 5. The smallest absolute Gasteiger partial charge is 0.573 e. The van der Waals surface area contributed by atoms with Crippen LogP contribution in [0.4, 0.5) is 13.2 Å². The topological polar surface area (TPSA) is 92.1 Å². The van der Waals surface area contributed by atoms with Crippen LogP contribution in [0.5, 0.6) is 5.75 Å². The van der Waals surface area contributed by atoms with Gasteiger partial charge in [-0.15, -0.1) is 18.3 Å². The van der Waals surface area contributed by atoms with Crippen molar-refractivity contribution in [3.05, 3.63) is 48.0 Å². The van der Waals surface area contributed by atoms with Gasteiger partial charge in [-0.05, 0) is 29.8 Å². The Morgan fingerprint density at radius 3 is 2.56 bits per heavy atom. The molecule has 132 valence electrons. The highest BCUT2D eigenvalue weighted by Crippen LogP contribution is 2.26. The van der Waals surface area contributed by atoms with Crippen molar-refractivity contribution < 1.29 is 26.7 Å². The number of rotatable bonds is 5. The molecule has 2 aromatic carbocycles. The fourth-order valence-corrected chi connectivity index (χ4v) is 2.47. The molecular formula is C14H10F3N4O3S-. The summed E-state index contributed by atoms with van der Waals surface area (Å²) in [5.41, 5.74) is 2.10. The van der Waals surface area contributed by atoms with Gasteiger partial charge in [0.25, 0.3) is 0 Å². The number of halogens is 3. The molecule has 0 aliphatic rings. The summed E-state index contributed by atoms with van der Waals surface area (Å²) in [7, 11) is 0. The minimum absolute atomic E-state index is 0.145. The molecule has 0 fully saturated rings. The summed E-state index contributed by atoms with van der Waals surface area (Å²) in [4.78, 5) is 0. The fourth-order valence-electron chi connectivity index (χ4n) is 2.19. The van der Waals surface area contributed by atoms with Gasteiger partial charge in [0, 0.05) is 23.9 Å². The molecule has 7 nitrogen and oxygen atoms in total. The maximum absolute atomic E-state index is 12.3. The van der Waals surface area contributed by atoms with Gasteiger partial charge in [-0.1, -0.05) is 17.3 Å². The molecule has 3 aromatic rings. The van der Waals surface area contributed by atoms with Crippen molar-refractivity contribution in [2.45, 2.75) is 12.9 Å². The van der Waals surface area contributed by atoms with Gasteiger partial charge in [0.2, 0.25) is 0 Å². The van der Waals surface area contributed by atoms with Gasteiger partial charge in [-0.2, -0.15) is 0 Å². The summed E-state index contributed by atoms with van der Waals surface area (Å²) >= 11 is -2.35. The molecule has 0 saturated heterocycles. The molecule has 0 amide bonds. The molecule has 0 saturated carbocycles. The van der Waals surface area contributed by atoms with Gasteiger partial charge >= 0.3 is 6.36 Å². The number of nitrogens with zero attached hydrogens (tertiary/aromatic N) is 3. The van der Waals surface area contributed by atoms with Gasteiger partial charge in [-0.25, -0.2) is 9.40 Å². The molecule has 11 heteroatoms. The second kappa shape index (κ2) is 6.78. The Hall–Kier alpha value is -2.50. The van der Waals surface area contributed by atoms with E-state index in [2.05, 4.69) is 19.8 Å². The average molecular weight is 371 g/mol. The highest BCUT2D eigenvalue weighted by Gasteiger charge is 2.31. The third kappa shape index (κ3) is 4.32. The second-order valence-electron chi connectivity index (χ2n) is 4.92. The molecule has 0 aliphatic carbocycles. The van der Waals surface area contributed by atoms with E-state index in [4.69, 9.17) is 0 Å². The van der Waals surface area contributed by atoms with Crippen LogP contribution in [-0.2, 0) is 17.8 Å². The van der Waals surface area contributed by atoms with Gasteiger partial charge in [0.1, 0.15) is 11.3 Å². The second-order valence-corrected chi connectivity index (χ2v) is 5.68. The quantitative estimate of drug-likeness (QED) is 0.694. The third-order valence-corrected chi connectivity index (χ3v) is 3.61. The van der Waals surface area contributed by atoms with E-state index in [0.717, 1.165) is 11.6 Å². The predicted molar refractivity (Wildman–Crippen MR) is 81.3 cm³/mol. The predicted octanol–water partition coefficient (Wildman–Crippen LogP) is 2.20. The van der Waals surface area contributed by atoms with Crippen LogP contribution in [0.25, 0.3) is 16.7 Å². The van der Waals surface area contributed by atoms with E-state index in [1.54, 1.807) is 24.3 Å². The molecular weight excluding hydrogens is 361 g/mol. The van der Waals surface area contributed by atoms with Crippen molar-refractivity contribution in [3.63, 3.8) is 0 Å². The minimum Gasteiger partial charge on any atom is -0.760 e. The monoisotopic (exact) mass is 371 g/mol. The first-order valence-electron chi connectivity index (χ1n) is 6.85.